The van der Waals surface area contributed by atoms with Crippen LogP contribution < -0.4 is 10.3 Å². The van der Waals surface area contributed by atoms with Crippen molar-refractivity contribution < 1.29 is 24.0 Å². The van der Waals surface area contributed by atoms with Gasteiger partial charge in [0.15, 0.2) is 12.4 Å². The topological polar surface area (TPSA) is 150 Å². The number of carboxylic acids is 1. The summed E-state index contributed by atoms with van der Waals surface area (Å²) in [6.45, 7) is -0.810. The number of rotatable bonds is 7. The summed E-state index contributed by atoms with van der Waals surface area (Å²) in [4.78, 5) is 39.8. The van der Waals surface area contributed by atoms with Gasteiger partial charge in [0.05, 0.1) is 22.0 Å². The maximum atomic E-state index is 13.4. The van der Waals surface area contributed by atoms with Crippen LogP contribution >= 0.6 is 11.6 Å². The molecule has 184 valence electrons. The highest BCUT2D eigenvalue weighted by Crippen LogP contribution is 2.31. The third kappa shape index (κ3) is 4.62. The number of ether oxygens (including phenoxy) is 1. The molecule has 12 heteroatoms. The molecule has 1 N–H and O–H groups in total. The van der Waals surface area contributed by atoms with Crippen LogP contribution in [0.15, 0.2) is 81.0 Å². The van der Waals surface area contributed by atoms with E-state index >= 15 is 0 Å². The lowest BCUT2D eigenvalue weighted by Gasteiger charge is -2.09. The first-order valence-electron chi connectivity index (χ1n) is 10.7. The van der Waals surface area contributed by atoms with Crippen LogP contribution in [0.5, 0.6) is 5.75 Å². The Morgan fingerprint density at radius 2 is 2.00 bits per heavy atom. The summed E-state index contributed by atoms with van der Waals surface area (Å²) in [5, 5.41) is 26.2. The Labute approximate surface area is 211 Å². The van der Waals surface area contributed by atoms with Gasteiger partial charge in [-0.05, 0) is 42.5 Å². The number of carboxylic acid groups (broad SMARTS) is 1. The Balaban J connectivity index is 1.70. The standard InChI is InChI=1S/C25H15ClN4O7/c26-16-8-9-20-15(10-16)11-21(37-20)24-28-18-6-2-1-5-17(18)25(33)29(24)27-12-14-4-3-7-19(30(34)35)23(14)36-13-22(31)32/h1-12H,13H2,(H,31,32). The fourth-order valence-electron chi connectivity index (χ4n) is 3.71. The normalized spacial score (nSPS) is 11.4. The summed E-state index contributed by atoms with van der Waals surface area (Å²) in [5.74, 6) is -1.31. The van der Waals surface area contributed by atoms with Crippen molar-refractivity contribution in [2.45, 2.75) is 0 Å². The molecule has 0 atom stereocenters. The van der Waals surface area contributed by atoms with Crippen LogP contribution in [-0.2, 0) is 4.79 Å². The molecule has 11 nitrogen and oxygen atoms in total. The molecule has 5 aromatic rings. The van der Waals surface area contributed by atoms with E-state index in [0.29, 0.717) is 21.5 Å². The fourth-order valence-corrected chi connectivity index (χ4v) is 3.89. The van der Waals surface area contributed by atoms with Gasteiger partial charge < -0.3 is 14.3 Å². The van der Waals surface area contributed by atoms with Gasteiger partial charge >= 0.3 is 11.7 Å². The molecular formula is C25H15ClN4O7. The van der Waals surface area contributed by atoms with E-state index in [9.17, 15) is 19.7 Å². The average molecular weight is 519 g/mol. The van der Waals surface area contributed by atoms with Crippen LogP contribution in [0.3, 0.4) is 0 Å². The van der Waals surface area contributed by atoms with Crippen molar-refractivity contribution in [3.05, 3.63) is 97.8 Å². The molecule has 0 unspecified atom stereocenters. The molecule has 0 saturated carbocycles. The molecule has 0 spiro atoms. The molecule has 0 bridgehead atoms. The summed E-state index contributed by atoms with van der Waals surface area (Å²) in [6.07, 6.45) is 1.16. The summed E-state index contributed by atoms with van der Waals surface area (Å²) in [6, 6.07) is 17.4. The zero-order valence-electron chi connectivity index (χ0n) is 18.7. The molecule has 37 heavy (non-hydrogen) atoms. The molecule has 0 saturated heterocycles. The third-order valence-corrected chi connectivity index (χ3v) is 5.56. The zero-order valence-corrected chi connectivity index (χ0v) is 19.5. The molecule has 0 aliphatic heterocycles. The second-order valence-corrected chi connectivity index (χ2v) is 8.18. The van der Waals surface area contributed by atoms with E-state index in [1.165, 1.54) is 18.2 Å². The highest BCUT2D eigenvalue weighted by Gasteiger charge is 2.20. The first-order valence-corrected chi connectivity index (χ1v) is 11.1. The van der Waals surface area contributed by atoms with Gasteiger partial charge in [-0.25, -0.2) is 9.78 Å². The van der Waals surface area contributed by atoms with Crippen LogP contribution in [0.25, 0.3) is 33.5 Å². The van der Waals surface area contributed by atoms with E-state index in [-0.39, 0.29) is 28.3 Å². The lowest BCUT2D eigenvalue weighted by molar-refractivity contribution is -0.385. The molecule has 0 radical (unpaired) electrons. The van der Waals surface area contributed by atoms with Gasteiger partial charge in [0.1, 0.15) is 5.58 Å². The number of fused-ring (bicyclic) bond motifs is 2. The first-order chi connectivity index (χ1) is 17.8. The zero-order chi connectivity index (χ0) is 26.1. The molecule has 5 rings (SSSR count). The molecule has 2 aromatic heterocycles. The maximum Gasteiger partial charge on any atom is 0.341 e. The molecule has 0 aliphatic carbocycles. The van der Waals surface area contributed by atoms with Crippen molar-refractivity contribution in [3.8, 4) is 17.3 Å². The van der Waals surface area contributed by atoms with Gasteiger partial charge in [0, 0.05) is 22.0 Å². The lowest BCUT2D eigenvalue weighted by Crippen LogP contribution is -2.20. The van der Waals surface area contributed by atoms with Crippen LogP contribution in [0.1, 0.15) is 5.56 Å². The Hall–Kier alpha value is -5.03. The summed E-state index contributed by atoms with van der Waals surface area (Å²) in [7, 11) is 0. The quantitative estimate of drug-likeness (QED) is 0.185. The molecule has 0 amide bonds. The second kappa shape index (κ2) is 9.55. The largest absolute Gasteiger partial charge is 0.479 e. The summed E-state index contributed by atoms with van der Waals surface area (Å²) < 4.78 is 12.1. The predicted molar refractivity (Wildman–Crippen MR) is 135 cm³/mol. The van der Waals surface area contributed by atoms with Crippen LogP contribution in [0.2, 0.25) is 5.02 Å². The average Bonchev–Trinajstić information content (AvgIpc) is 3.30. The van der Waals surface area contributed by atoms with Gasteiger partial charge in [-0.3, -0.25) is 14.9 Å². The van der Waals surface area contributed by atoms with Crippen molar-refractivity contribution in [1.82, 2.24) is 9.66 Å². The Morgan fingerprint density at radius 3 is 2.78 bits per heavy atom. The molecular weight excluding hydrogens is 504 g/mol. The number of hydrogen-bond acceptors (Lipinski definition) is 8. The molecule has 0 fully saturated rings. The van der Waals surface area contributed by atoms with Crippen molar-refractivity contribution in [3.63, 3.8) is 0 Å². The van der Waals surface area contributed by atoms with Gasteiger partial charge in [-0.15, -0.1) is 0 Å². The monoisotopic (exact) mass is 518 g/mol. The number of nitro groups is 1. The number of hydrogen-bond donors (Lipinski definition) is 1. The van der Waals surface area contributed by atoms with Gasteiger partial charge in [0.25, 0.3) is 5.56 Å². The van der Waals surface area contributed by atoms with Crippen molar-refractivity contribution in [2.24, 2.45) is 5.10 Å². The first kappa shape index (κ1) is 23.7. The number of aromatic nitrogens is 2. The van der Waals surface area contributed by atoms with E-state index in [1.54, 1.807) is 48.5 Å². The molecule has 3 aromatic carbocycles. The minimum Gasteiger partial charge on any atom is -0.479 e. The van der Waals surface area contributed by atoms with E-state index in [2.05, 4.69) is 10.1 Å². The smallest absolute Gasteiger partial charge is 0.341 e. The van der Waals surface area contributed by atoms with Crippen LogP contribution in [0, 0.1) is 10.1 Å². The number of para-hydroxylation sites is 2. The van der Waals surface area contributed by atoms with Gasteiger partial charge in [-0.2, -0.15) is 9.78 Å². The number of nitrogens with zero attached hydrogens (tertiary/aromatic N) is 4. The van der Waals surface area contributed by atoms with Crippen LogP contribution in [-0.4, -0.2) is 38.5 Å². The number of furan rings is 1. The Morgan fingerprint density at radius 1 is 1.19 bits per heavy atom. The number of halogens is 1. The van der Waals surface area contributed by atoms with Crippen LogP contribution in [0.4, 0.5) is 5.69 Å². The Bertz CT molecular complexity index is 1790. The number of aliphatic carboxylic acids is 1. The van der Waals surface area contributed by atoms with Crippen molar-refractivity contribution in [2.75, 3.05) is 6.61 Å². The van der Waals surface area contributed by atoms with Crippen molar-refractivity contribution >= 4 is 51.3 Å². The van der Waals surface area contributed by atoms with Crippen molar-refractivity contribution in [1.29, 1.82) is 0 Å². The van der Waals surface area contributed by atoms with E-state index in [1.807, 2.05) is 0 Å². The molecule has 2 heterocycles. The lowest BCUT2D eigenvalue weighted by atomic mass is 10.2. The summed E-state index contributed by atoms with van der Waals surface area (Å²) >= 11 is 6.09. The SMILES string of the molecule is O=C(O)COc1c(C=Nn2c(-c3cc4cc(Cl)ccc4o3)nc3ccccc3c2=O)cccc1[N+](=O)[O-]. The van der Waals surface area contributed by atoms with Gasteiger partial charge in [-0.1, -0.05) is 29.8 Å². The molecule has 0 aliphatic rings. The highest BCUT2D eigenvalue weighted by molar-refractivity contribution is 6.31. The van der Waals surface area contributed by atoms with E-state index in [4.69, 9.17) is 25.9 Å². The maximum absolute atomic E-state index is 13.4. The highest BCUT2D eigenvalue weighted by atomic mass is 35.5. The number of carbonyl (C=O) groups is 1. The van der Waals surface area contributed by atoms with E-state index < -0.39 is 28.7 Å². The summed E-state index contributed by atoms with van der Waals surface area (Å²) in [5.41, 5.74) is 0.0313. The minimum absolute atomic E-state index is 0.0747. The third-order valence-electron chi connectivity index (χ3n) is 5.33. The fraction of sp³-hybridized carbons (Fsp3) is 0.0400. The number of nitro benzene ring substituents is 1. The second-order valence-electron chi connectivity index (χ2n) is 7.74. The minimum atomic E-state index is -1.32. The predicted octanol–water partition coefficient (Wildman–Crippen LogP) is 4.72. The Kier molecular flexibility index (Phi) is 6.12. The van der Waals surface area contributed by atoms with Gasteiger partial charge in [0.2, 0.25) is 11.6 Å². The number of benzene rings is 3. The van der Waals surface area contributed by atoms with E-state index in [0.717, 1.165) is 10.9 Å².